The number of para-hydroxylation sites is 2. The van der Waals surface area contributed by atoms with E-state index in [0.717, 1.165) is 36.2 Å². The number of benzene rings is 17. The molecule has 0 saturated heterocycles. The third-order valence-electron chi connectivity index (χ3n) is 29.4. The zero-order chi connectivity index (χ0) is 90.1. The molecule has 0 saturated carbocycles. The summed E-state index contributed by atoms with van der Waals surface area (Å²) in [5.41, 5.74) is 7.68. The van der Waals surface area contributed by atoms with Crippen molar-refractivity contribution >= 4 is 252 Å². The molecule has 4 unspecified atom stereocenters. The van der Waals surface area contributed by atoms with Gasteiger partial charge in [0.1, 0.15) is 11.5 Å². The van der Waals surface area contributed by atoms with Crippen molar-refractivity contribution in [3.8, 4) is 17.2 Å². The Hall–Kier alpha value is -13.9. The molecule has 20 heteroatoms. The van der Waals surface area contributed by atoms with Crippen LogP contribution in [0.15, 0.2) is 249 Å². The van der Waals surface area contributed by atoms with Crippen molar-refractivity contribution in [2.75, 3.05) is 60.6 Å². The average Bonchev–Trinajstić information content (AvgIpc) is 1.43. The molecule has 22 aromatic carbocycles. The number of carbonyl (C=O) groups is 7. The normalized spacial score (nSPS) is 15.7. The van der Waals surface area contributed by atoms with E-state index in [1.807, 2.05) is 127 Å². The smallest absolute Gasteiger partial charge is 0.118 e. The molecule has 2 bridgehead atoms. The Balaban J connectivity index is 0.000000554. The monoisotopic (exact) mass is 1940 g/mol. The number of amides is 7. The summed E-state index contributed by atoms with van der Waals surface area (Å²) in [5.74, 6) is -0.173. The zero-order valence-corrected chi connectivity index (χ0v) is 78.3. The Morgan fingerprint density at radius 1 is 0.331 bits per heavy atom. The standard InChI is InChI=1S/C99H71N7O8Se3.2C7H8O/c1-114-50-13-21-54(22-14-50)117-53-19-10-48(11-20-53)96(112)105-43-40-102-71(109)34-37-98(35-32-69(107)100-38-41-103-94(110)46-6-15-51(115)16-7-46,36-33-70(108)101-39-42-104-95(111)47-8-17-52(116)18-9-47)106-97(113)49-12-23-64-65(44-49)72-55-4-2-3-5-63(55)92(64)99-67-31-30-61-60-27-26-57-56-24-25-58-59-28-29-62-66(45-68(72)99)80-85-78(62)77(59)83-74(58)73(56)82-75(57)76(60)84-79(61)81(67)91(93(80)99)90-88(84)86(82)87(83)89(85)90;2*1-8-7-5-3-2-4-6-7/h2-31,44-45,68,72,92,115-116H,32-43H2,1H3,(H,100,107)(H,101,108)(H,102,109)(H,103,110)(H,104,111)(H,105,112)(H,106,113);2*2-6H,1H3. The molecule has 5 aliphatic rings. The van der Waals surface area contributed by atoms with E-state index < -0.39 is 16.9 Å². The average molecular weight is 1940 g/mol. The molecule has 0 fully saturated rings. The van der Waals surface area contributed by atoms with Gasteiger partial charge in [-0.25, -0.2) is 0 Å². The molecule has 0 heterocycles. The number of fused-ring (bicyclic) bond motifs is 4. The molecule has 7 amide bonds. The quantitative estimate of drug-likeness (QED) is 0.0139. The van der Waals surface area contributed by atoms with Crippen LogP contribution in [0.2, 0.25) is 0 Å². The van der Waals surface area contributed by atoms with Crippen LogP contribution >= 0.6 is 0 Å². The van der Waals surface area contributed by atoms with Gasteiger partial charge >= 0.3 is 370 Å². The van der Waals surface area contributed by atoms with E-state index in [1.165, 1.54) is 178 Å². The summed E-state index contributed by atoms with van der Waals surface area (Å²) < 4.78 is 19.4. The molecule has 0 aromatic heterocycles. The number of ether oxygens (including phenoxy) is 3. The van der Waals surface area contributed by atoms with Crippen molar-refractivity contribution in [1.82, 2.24) is 37.2 Å². The molecule has 5 aliphatic carbocycles. The number of hydrogen-bond donors (Lipinski definition) is 7. The Morgan fingerprint density at radius 3 is 1.14 bits per heavy atom. The van der Waals surface area contributed by atoms with Crippen LogP contribution in [-0.4, -0.2) is 154 Å². The van der Waals surface area contributed by atoms with E-state index in [2.05, 4.69) is 160 Å². The van der Waals surface area contributed by atoms with Gasteiger partial charge < -0.3 is 14.8 Å². The molecule has 0 radical (unpaired) electrons. The number of nitrogens with one attached hydrogen (secondary N) is 7. The summed E-state index contributed by atoms with van der Waals surface area (Å²) in [4.78, 5) is 99.2. The van der Waals surface area contributed by atoms with Gasteiger partial charge in [-0.05, 0) is 215 Å². The summed E-state index contributed by atoms with van der Waals surface area (Å²) in [6.45, 7) is 0.766. The fourth-order valence-corrected chi connectivity index (χ4v) is 26.3. The van der Waals surface area contributed by atoms with E-state index in [9.17, 15) is 28.8 Å². The van der Waals surface area contributed by atoms with Crippen LogP contribution in [0.25, 0.3) is 146 Å². The summed E-state index contributed by atoms with van der Waals surface area (Å²) in [7, 11) is 4.97. The molecule has 133 heavy (non-hydrogen) atoms. The molecule has 652 valence electrons. The van der Waals surface area contributed by atoms with Crippen molar-refractivity contribution in [3.63, 3.8) is 0 Å². The van der Waals surface area contributed by atoms with Crippen molar-refractivity contribution in [1.29, 1.82) is 0 Å². The minimum absolute atomic E-state index is 0.0181. The van der Waals surface area contributed by atoms with Crippen LogP contribution < -0.4 is 74.5 Å². The molecular weight excluding hydrogens is 1850 g/mol. The minimum Gasteiger partial charge on any atom is -0.497 e. The minimum atomic E-state index is -1.35. The van der Waals surface area contributed by atoms with Gasteiger partial charge in [0.15, 0.2) is 0 Å². The van der Waals surface area contributed by atoms with Crippen molar-refractivity contribution in [3.05, 3.63) is 310 Å². The molecule has 0 aliphatic heterocycles. The van der Waals surface area contributed by atoms with E-state index in [-0.39, 0.29) is 146 Å². The fourth-order valence-electron chi connectivity index (χ4n) is 24.0. The van der Waals surface area contributed by atoms with Gasteiger partial charge in [0.2, 0.25) is 0 Å². The molecule has 1 spiro atoms. The Morgan fingerprint density at radius 2 is 0.684 bits per heavy atom. The van der Waals surface area contributed by atoms with Crippen molar-refractivity contribution in [2.45, 2.75) is 61.3 Å². The zero-order valence-electron chi connectivity index (χ0n) is 72.9. The van der Waals surface area contributed by atoms with Crippen LogP contribution in [0.3, 0.4) is 0 Å². The molecule has 7 N–H and O–H groups in total. The molecule has 27 rings (SSSR count). The second kappa shape index (κ2) is 31.9. The first kappa shape index (κ1) is 82.2. The predicted molar refractivity (Wildman–Crippen MR) is 537 cm³/mol. The van der Waals surface area contributed by atoms with Crippen LogP contribution in [0, 0.1) is 5.92 Å². The van der Waals surface area contributed by atoms with Gasteiger partial charge in [-0.15, -0.1) is 0 Å². The second-order valence-corrected chi connectivity index (χ2v) is 40.6. The fraction of sp³-hybridized carbons (Fsp3) is 0.177. The van der Waals surface area contributed by atoms with Gasteiger partial charge in [-0.2, -0.15) is 0 Å². The van der Waals surface area contributed by atoms with Gasteiger partial charge in [0.05, 0.1) is 14.2 Å². The molecular formula is C113H87N7O10Se3. The first-order valence-corrected chi connectivity index (χ1v) is 49.0. The first-order chi connectivity index (χ1) is 65.0. The maximum atomic E-state index is 16.2. The van der Waals surface area contributed by atoms with Crippen molar-refractivity contribution in [2.24, 2.45) is 5.92 Å². The summed E-state index contributed by atoms with van der Waals surface area (Å²) in [5, 5.41) is 58.9. The number of hydrogen-bond acceptors (Lipinski definition) is 10. The van der Waals surface area contributed by atoms with E-state index in [0.29, 0.717) is 22.3 Å². The Labute approximate surface area is 786 Å². The number of carbonyl (C=O) groups excluding carboxylic acids is 7. The van der Waals surface area contributed by atoms with Gasteiger partial charge in [0, 0.05) is 34.3 Å². The number of rotatable bonds is 28. The SMILES string of the molecule is COc1ccc([Se]c2ccc(C(=O)NCCNC(=O)CCC(CCC(=O)NCCNC(=O)c3ccc([SeH])cc3)(CCC(=O)NCCNC(=O)c3ccc([SeH])cc3)NC(=O)c3ccc4c(c3)C3c5ccccc5C4C45c6ccc7c8ccc9c%10ccc%11c%12ccc%13c(c%14c4c4c6c7c6c8c9c7c%10c%11c8c%12c%13c%14c9c4c6c7c89)=CC35)cc2)cc1.COc1ccccc1.COc1ccccc1. The molecule has 17 nitrogen and oxygen atoms in total. The second-order valence-electron chi connectivity index (χ2n) is 36.0. The predicted octanol–water partition coefficient (Wildman–Crippen LogP) is 14.6. The third kappa shape index (κ3) is 12.5. The van der Waals surface area contributed by atoms with Crippen LogP contribution in [-0.2, 0) is 19.8 Å². The third-order valence-corrected chi connectivity index (χ3v) is 32.8. The van der Waals surface area contributed by atoms with Crippen LogP contribution in [0.5, 0.6) is 17.2 Å². The topological polar surface area (TPSA) is 231 Å². The van der Waals surface area contributed by atoms with Crippen molar-refractivity contribution < 1.29 is 47.8 Å². The summed E-state index contributed by atoms with van der Waals surface area (Å²) >= 11 is 4.91. The Kier molecular flexibility index (Phi) is 19.8. The van der Waals surface area contributed by atoms with Gasteiger partial charge in [-0.1, -0.05) is 121 Å². The van der Waals surface area contributed by atoms with E-state index in [1.54, 1.807) is 57.7 Å². The van der Waals surface area contributed by atoms with Gasteiger partial charge in [0.25, 0.3) is 5.91 Å². The van der Waals surface area contributed by atoms with Crippen LogP contribution in [0.4, 0.5) is 0 Å². The van der Waals surface area contributed by atoms with Gasteiger partial charge in [-0.3, -0.25) is 4.79 Å². The molecule has 4 atom stereocenters. The van der Waals surface area contributed by atoms with E-state index in [4.69, 9.17) is 14.2 Å². The maximum absolute atomic E-state index is 16.2. The summed E-state index contributed by atoms with van der Waals surface area (Å²) in [6.07, 6.45) is 2.44. The molecule has 22 aromatic rings. The largest absolute Gasteiger partial charge is 0.497 e. The number of methoxy groups -OCH3 is 3. The summed E-state index contributed by atoms with van der Waals surface area (Å²) in [6, 6.07) is 84.2. The maximum Gasteiger partial charge on any atom is 0.118 e. The first-order valence-electron chi connectivity index (χ1n) is 45.4. The van der Waals surface area contributed by atoms with Crippen LogP contribution in [0.1, 0.15) is 125 Å². The Bertz CT molecular complexity index is 8290. The van der Waals surface area contributed by atoms with E-state index >= 15 is 4.79 Å².